The molecule has 2 aromatic rings. The van der Waals surface area contributed by atoms with Crippen molar-refractivity contribution in [1.29, 1.82) is 0 Å². The van der Waals surface area contributed by atoms with Gasteiger partial charge in [-0.1, -0.05) is 6.92 Å². The predicted molar refractivity (Wildman–Crippen MR) is 81.5 cm³/mol. The lowest BCUT2D eigenvalue weighted by molar-refractivity contribution is 0.393. The second kappa shape index (κ2) is 6.67. The summed E-state index contributed by atoms with van der Waals surface area (Å²) in [7, 11) is 1.67. The third kappa shape index (κ3) is 3.21. The number of aryl methyl sites for hydroxylation is 1. The first-order valence-electron chi connectivity index (χ1n) is 7.22. The number of rotatable bonds is 6. The Kier molecular flexibility index (Phi) is 4.90. The number of methoxy groups -OCH3 is 1. The summed E-state index contributed by atoms with van der Waals surface area (Å²) in [6, 6.07) is 2.10. The monoisotopic (exact) mass is 289 g/mol. The van der Waals surface area contributed by atoms with Crippen LogP contribution in [-0.2, 0) is 0 Å². The molecular formula is C15H23N5O. The van der Waals surface area contributed by atoms with E-state index in [0.717, 1.165) is 29.5 Å². The Labute approximate surface area is 125 Å². The molecule has 6 nitrogen and oxygen atoms in total. The van der Waals surface area contributed by atoms with Gasteiger partial charge in [0.1, 0.15) is 11.5 Å². The summed E-state index contributed by atoms with van der Waals surface area (Å²) in [4.78, 5) is 8.72. The van der Waals surface area contributed by atoms with Gasteiger partial charge in [-0.15, -0.1) is 0 Å². The molecule has 0 aliphatic carbocycles. The molecule has 21 heavy (non-hydrogen) atoms. The summed E-state index contributed by atoms with van der Waals surface area (Å²) in [5, 5.41) is 7.91. The highest BCUT2D eigenvalue weighted by Gasteiger charge is 2.25. The number of ether oxygens (including phenoxy) is 1. The Morgan fingerprint density at radius 2 is 2.14 bits per heavy atom. The van der Waals surface area contributed by atoms with Gasteiger partial charge in [-0.05, 0) is 33.4 Å². The molecule has 2 heterocycles. The fourth-order valence-corrected chi connectivity index (χ4v) is 2.38. The Hall–Kier alpha value is -1.95. The summed E-state index contributed by atoms with van der Waals surface area (Å²) in [5.74, 6) is 1.52. The average molecular weight is 289 g/mol. The number of hydrogen-bond acceptors (Lipinski definition) is 5. The zero-order chi connectivity index (χ0) is 15.4. The first-order valence-corrected chi connectivity index (χ1v) is 7.22. The Balaban J connectivity index is 2.54. The zero-order valence-electron chi connectivity index (χ0n) is 13.3. The number of nitrogens with one attached hydrogen (secondary N) is 1. The van der Waals surface area contributed by atoms with Crippen molar-refractivity contribution in [1.82, 2.24) is 25.1 Å². The van der Waals surface area contributed by atoms with Gasteiger partial charge in [0.15, 0.2) is 5.75 Å². The molecule has 0 saturated carbocycles. The molecule has 6 heteroatoms. The lowest BCUT2D eigenvalue weighted by Gasteiger charge is -2.22. The molecule has 2 aromatic heterocycles. The molecule has 114 valence electrons. The summed E-state index contributed by atoms with van der Waals surface area (Å²) in [5.41, 5.74) is 1.91. The highest BCUT2D eigenvalue weighted by atomic mass is 16.5. The summed E-state index contributed by atoms with van der Waals surface area (Å²) in [6.45, 7) is 8.99. The van der Waals surface area contributed by atoms with Crippen LogP contribution >= 0.6 is 0 Å². The van der Waals surface area contributed by atoms with E-state index in [4.69, 9.17) is 4.74 Å². The van der Waals surface area contributed by atoms with Crippen molar-refractivity contribution < 1.29 is 4.74 Å². The van der Waals surface area contributed by atoms with Gasteiger partial charge in [0.2, 0.25) is 0 Å². The van der Waals surface area contributed by atoms with Crippen LogP contribution in [-0.4, -0.2) is 33.4 Å². The van der Waals surface area contributed by atoms with Crippen molar-refractivity contribution in [3.8, 4) is 5.75 Å². The van der Waals surface area contributed by atoms with Gasteiger partial charge >= 0.3 is 0 Å². The maximum absolute atomic E-state index is 5.49. The van der Waals surface area contributed by atoms with Gasteiger partial charge in [0.05, 0.1) is 25.0 Å². The van der Waals surface area contributed by atoms with E-state index in [1.807, 2.05) is 17.7 Å². The van der Waals surface area contributed by atoms with Gasteiger partial charge in [-0.3, -0.25) is 4.68 Å². The van der Waals surface area contributed by atoms with E-state index in [1.165, 1.54) is 0 Å². The number of aromatic nitrogens is 4. The molecule has 0 amide bonds. The largest absolute Gasteiger partial charge is 0.493 e. The van der Waals surface area contributed by atoms with Crippen molar-refractivity contribution in [3.05, 3.63) is 35.7 Å². The van der Waals surface area contributed by atoms with Crippen molar-refractivity contribution in [2.75, 3.05) is 13.7 Å². The minimum absolute atomic E-state index is 0.0726. The van der Waals surface area contributed by atoms with Gasteiger partial charge in [-0.2, -0.15) is 5.10 Å². The van der Waals surface area contributed by atoms with Crippen LogP contribution in [0.15, 0.2) is 18.5 Å². The van der Waals surface area contributed by atoms with Crippen molar-refractivity contribution in [2.24, 2.45) is 0 Å². The number of hydrogen-bond donors (Lipinski definition) is 1. The Bertz CT molecular complexity index is 593. The van der Waals surface area contributed by atoms with Crippen LogP contribution in [0.4, 0.5) is 0 Å². The van der Waals surface area contributed by atoms with Crippen LogP contribution in [0.1, 0.15) is 50.1 Å². The maximum atomic E-state index is 5.49. The zero-order valence-corrected chi connectivity index (χ0v) is 13.3. The number of nitrogens with zero attached hydrogens (tertiary/aromatic N) is 4. The van der Waals surface area contributed by atoms with Crippen LogP contribution in [0.5, 0.6) is 5.75 Å². The fraction of sp³-hybridized carbons (Fsp3) is 0.533. The van der Waals surface area contributed by atoms with Crippen LogP contribution in [0.2, 0.25) is 0 Å². The summed E-state index contributed by atoms with van der Waals surface area (Å²) < 4.78 is 7.46. The molecule has 0 bridgehead atoms. The topological polar surface area (TPSA) is 64.9 Å². The van der Waals surface area contributed by atoms with Crippen LogP contribution in [0.3, 0.4) is 0 Å². The highest BCUT2D eigenvalue weighted by Crippen LogP contribution is 2.30. The molecule has 0 aliphatic heterocycles. The first-order chi connectivity index (χ1) is 10.1. The van der Waals surface area contributed by atoms with E-state index in [9.17, 15) is 0 Å². The van der Waals surface area contributed by atoms with Crippen molar-refractivity contribution in [3.63, 3.8) is 0 Å². The Morgan fingerprint density at radius 3 is 2.71 bits per heavy atom. The van der Waals surface area contributed by atoms with Gasteiger partial charge < -0.3 is 10.1 Å². The van der Waals surface area contributed by atoms with Crippen LogP contribution in [0.25, 0.3) is 0 Å². The molecule has 0 aliphatic rings. The standard InChI is InChI=1S/C15H23N5O/c1-6-16-14(12-7-8-17-11(4)19-12)15-13(21-5)9-18-20(15)10(2)3/h7-10,14,16H,6H2,1-5H3. The summed E-state index contributed by atoms with van der Waals surface area (Å²) >= 11 is 0. The lowest BCUT2D eigenvalue weighted by Crippen LogP contribution is -2.27. The minimum atomic E-state index is -0.0726. The molecule has 2 rings (SSSR count). The van der Waals surface area contributed by atoms with E-state index >= 15 is 0 Å². The lowest BCUT2D eigenvalue weighted by atomic mass is 10.1. The van der Waals surface area contributed by atoms with Crippen molar-refractivity contribution >= 4 is 0 Å². The van der Waals surface area contributed by atoms with E-state index in [0.29, 0.717) is 0 Å². The van der Waals surface area contributed by atoms with E-state index in [-0.39, 0.29) is 12.1 Å². The molecular weight excluding hydrogens is 266 g/mol. The minimum Gasteiger partial charge on any atom is -0.493 e. The molecule has 1 atom stereocenters. The van der Waals surface area contributed by atoms with Gasteiger partial charge in [0, 0.05) is 12.2 Å². The van der Waals surface area contributed by atoms with Crippen molar-refractivity contribution in [2.45, 2.75) is 39.8 Å². The molecule has 0 saturated heterocycles. The molecule has 0 radical (unpaired) electrons. The fourth-order valence-electron chi connectivity index (χ4n) is 2.38. The second-order valence-electron chi connectivity index (χ2n) is 5.16. The molecule has 1 unspecified atom stereocenters. The van der Waals surface area contributed by atoms with Gasteiger partial charge in [0.25, 0.3) is 0 Å². The highest BCUT2D eigenvalue weighted by molar-refractivity contribution is 5.34. The molecule has 0 spiro atoms. The molecule has 0 fully saturated rings. The Morgan fingerprint density at radius 1 is 1.38 bits per heavy atom. The average Bonchev–Trinajstić information content (AvgIpc) is 2.88. The smallest absolute Gasteiger partial charge is 0.162 e. The summed E-state index contributed by atoms with van der Waals surface area (Å²) in [6.07, 6.45) is 3.54. The SMILES string of the molecule is CCNC(c1ccnc(C)n1)c1c(OC)cnn1C(C)C. The molecule has 0 aromatic carbocycles. The second-order valence-corrected chi connectivity index (χ2v) is 5.16. The normalized spacial score (nSPS) is 12.7. The first kappa shape index (κ1) is 15.4. The van der Waals surface area contributed by atoms with Crippen LogP contribution < -0.4 is 10.1 Å². The quantitative estimate of drug-likeness (QED) is 0.883. The third-order valence-corrected chi connectivity index (χ3v) is 3.28. The maximum Gasteiger partial charge on any atom is 0.162 e. The predicted octanol–water partition coefficient (Wildman–Crippen LogP) is 2.27. The van der Waals surface area contributed by atoms with E-state index in [1.54, 1.807) is 19.5 Å². The van der Waals surface area contributed by atoms with Crippen LogP contribution in [0, 0.1) is 6.92 Å². The molecule has 1 N–H and O–H groups in total. The van der Waals surface area contributed by atoms with Gasteiger partial charge in [-0.25, -0.2) is 9.97 Å². The van der Waals surface area contributed by atoms with E-state index < -0.39 is 0 Å². The van der Waals surface area contributed by atoms with E-state index in [2.05, 4.69) is 41.2 Å². The third-order valence-electron chi connectivity index (χ3n) is 3.28.